The van der Waals surface area contributed by atoms with E-state index >= 15 is 0 Å². The largest absolute Gasteiger partial charge is 0.322 e. The van der Waals surface area contributed by atoms with Crippen LogP contribution in [0, 0.1) is 12.4 Å². The van der Waals surface area contributed by atoms with Gasteiger partial charge >= 0.3 is 0 Å². The number of halogens is 3. The molecule has 24 heavy (non-hydrogen) atoms. The summed E-state index contributed by atoms with van der Waals surface area (Å²) in [5.74, 6) is -0.212. The molecule has 0 atom stereocenters. The second-order valence-corrected chi connectivity index (χ2v) is 5.61. The first-order valence-corrected chi connectivity index (χ1v) is 7.28. The number of nitrogens with zero attached hydrogens (tertiary/aromatic N) is 5. The van der Waals surface area contributed by atoms with Crippen molar-refractivity contribution in [1.29, 1.82) is 0 Å². The fourth-order valence-electron chi connectivity index (χ4n) is 2.71. The third-order valence-electron chi connectivity index (χ3n) is 3.95. The number of aromatic nitrogens is 4. The molecule has 2 aromatic heterocycles. The number of hydrogen-bond donors (Lipinski definition) is 0. The van der Waals surface area contributed by atoms with Crippen molar-refractivity contribution in [3.05, 3.63) is 47.3 Å². The molecule has 1 aliphatic carbocycles. The molecule has 3 aromatic rings. The lowest BCUT2D eigenvalue weighted by molar-refractivity contribution is 0.145. The molecule has 120 valence electrons. The molecular weight excluding hydrogens is 319 g/mol. The zero-order valence-electron chi connectivity index (χ0n) is 12.2. The monoisotopic (exact) mass is 329 g/mol. The summed E-state index contributed by atoms with van der Waals surface area (Å²) >= 11 is 0. The molecule has 1 aromatic carbocycles. The summed E-state index contributed by atoms with van der Waals surface area (Å²) in [5.41, 5.74) is 0.882. The van der Waals surface area contributed by atoms with Crippen LogP contribution in [0.15, 0.2) is 24.4 Å². The van der Waals surface area contributed by atoms with E-state index in [9.17, 15) is 13.2 Å². The van der Waals surface area contributed by atoms with Crippen molar-refractivity contribution in [2.75, 3.05) is 0 Å². The van der Waals surface area contributed by atoms with Crippen LogP contribution in [-0.2, 0) is 0 Å². The van der Waals surface area contributed by atoms with E-state index in [1.54, 1.807) is 0 Å². The van der Waals surface area contributed by atoms with Crippen LogP contribution in [0.3, 0.4) is 0 Å². The molecule has 0 saturated heterocycles. The quantitative estimate of drug-likeness (QED) is 0.667. The Hall–Kier alpha value is -2.95. The first kappa shape index (κ1) is 14.6. The van der Waals surface area contributed by atoms with Crippen LogP contribution in [0.25, 0.3) is 27.3 Å². The number of fused-ring (bicyclic) bond motifs is 1. The molecule has 2 heterocycles. The van der Waals surface area contributed by atoms with E-state index in [0.29, 0.717) is 22.4 Å². The van der Waals surface area contributed by atoms with Gasteiger partial charge in [0.15, 0.2) is 0 Å². The van der Waals surface area contributed by atoms with Crippen molar-refractivity contribution in [2.24, 2.45) is 0 Å². The first-order valence-electron chi connectivity index (χ1n) is 7.28. The van der Waals surface area contributed by atoms with E-state index in [1.165, 1.54) is 24.4 Å². The minimum absolute atomic E-state index is 0.0861. The summed E-state index contributed by atoms with van der Waals surface area (Å²) in [6, 6.07) is 4.06. The van der Waals surface area contributed by atoms with Crippen LogP contribution < -0.4 is 0 Å². The number of alkyl halides is 2. The molecule has 0 N–H and O–H groups in total. The molecule has 0 unspecified atom stereocenters. The molecule has 8 heteroatoms. The lowest BCUT2D eigenvalue weighted by atomic mass is 10.2. The summed E-state index contributed by atoms with van der Waals surface area (Å²) in [6.07, 6.45) is 0.465. The summed E-state index contributed by atoms with van der Waals surface area (Å²) in [4.78, 5) is 7.56. The summed E-state index contributed by atoms with van der Waals surface area (Å²) in [5, 5.41) is 7.03. The molecule has 0 bridgehead atoms. The van der Waals surface area contributed by atoms with E-state index in [-0.39, 0.29) is 11.7 Å². The number of imidazole rings is 1. The lowest BCUT2D eigenvalue weighted by Crippen LogP contribution is -2.00. The molecule has 4 rings (SSSR count). The Balaban J connectivity index is 1.97. The fraction of sp³-hybridized carbons (Fsp3) is 0.250. The van der Waals surface area contributed by atoms with Gasteiger partial charge in [0.05, 0.1) is 23.8 Å². The first-order chi connectivity index (χ1) is 11.6. The molecule has 0 aliphatic heterocycles. The SMILES string of the molecule is [C-]#[N+]c1cc2c(cc1F)nc(-c1cnnc(C(F)F)c1)n2C1CC1. The summed E-state index contributed by atoms with van der Waals surface area (Å²) < 4.78 is 41.5. The van der Waals surface area contributed by atoms with Gasteiger partial charge in [0, 0.05) is 11.6 Å². The highest BCUT2D eigenvalue weighted by Gasteiger charge is 2.29. The maximum absolute atomic E-state index is 13.9. The van der Waals surface area contributed by atoms with Crippen molar-refractivity contribution in [3.63, 3.8) is 0 Å². The highest BCUT2D eigenvalue weighted by atomic mass is 19.3. The van der Waals surface area contributed by atoms with Crippen molar-refractivity contribution >= 4 is 16.7 Å². The van der Waals surface area contributed by atoms with E-state index in [0.717, 1.165) is 12.8 Å². The van der Waals surface area contributed by atoms with Gasteiger partial charge in [-0.1, -0.05) is 0 Å². The van der Waals surface area contributed by atoms with Crippen molar-refractivity contribution < 1.29 is 13.2 Å². The number of rotatable bonds is 3. The van der Waals surface area contributed by atoms with Crippen LogP contribution in [0.1, 0.15) is 31.0 Å². The van der Waals surface area contributed by atoms with Gasteiger partial charge in [-0.3, -0.25) is 0 Å². The van der Waals surface area contributed by atoms with Gasteiger partial charge in [-0.2, -0.15) is 5.10 Å². The van der Waals surface area contributed by atoms with Crippen molar-refractivity contribution in [1.82, 2.24) is 19.7 Å². The van der Waals surface area contributed by atoms with Gasteiger partial charge in [-0.05, 0) is 31.0 Å². The molecule has 1 aliphatic rings. The van der Waals surface area contributed by atoms with Gasteiger partial charge in [0.1, 0.15) is 17.3 Å². The van der Waals surface area contributed by atoms with Crippen LogP contribution in [0.2, 0.25) is 0 Å². The zero-order valence-corrected chi connectivity index (χ0v) is 12.2. The Kier molecular flexibility index (Phi) is 3.23. The Labute approximate surface area is 134 Å². The van der Waals surface area contributed by atoms with Gasteiger partial charge in [0.2, 0.25) is 5.69 Å². The average molecular weight is 329 g/mol. The van der Waals surface area contributed by atoms with E-state index in [1.807, 2.05) is 4.57 Å². The summed E-state index contributed by atoms with van der Waals surface area (Å²) in [7, 11) is 0. The molecule has 5 nitrogen and oxygen atoms in total. The van der Waals surface area contributed by atoms with Gasteiger partial charge in [-0.25, -0.2) is 23.0 Å². The van der Waals surface area contributed by atoms with E-state index in [4.69, 9.17) is 6.57 Å². The molecule has 0 spiro atoms. The molecule has 0 amide bonds. The maximum atomic E-state index is 13.9. The van der Waals surface area contributed by atoms with Crippen LogP contribution in [0.4, 0.5) is 18.9 Å². The Morgan fingerprint density at radius 3 is 2.71 bits per heavy atom. The second kappa shape index (κ2) is 5.30. The Morgan fingerprint density at radius 2 is 2.04 bits per heavy atom. The predicted molar refractivity (Wildman–Crippen MR) is 80.2 cm³/mol. The molecule has 1 fully saturated rings. The topological polar surface area (TPSA) is 48.0 Å². The zero-order chi connectivity index (χ0) is 16.8. The fourth-order valence-corrected chi connectivity index (χ4v) is 2.71. The van der Waals surface area contributed by atoms with Crippen LogP contribution >= 0.6 is 0 Å². The van der Waals surface area contributed by atoms with Gasteiger partial charge in [0.25, 0.3) is 6.43 Å². The molecule has 0 radical (unpaired) electrons. The predicted octanol–water partition coefficient (Wildman–Crippen LogP) is 4.46. The highest BCUT2D eigenvalue weighted by molar-refractivity contribution is 5.84. The second-order valence-electron chi connectivity index (χ2n) is 5.61. The number of hydrogen-bond acceptors (Lipinski definition) is 3. The van der Waals surface area contributed by atoms with E-state index < -0.39 is 17.9 Å². The Bertz CT molecular complexity index is 985. The number of benzene rings is 1. The lowest BCUT2D eigenvalue weighted by Gasteiger charge is -2.08. The average Bonchev–Trinajstić information content (AvgIpc) is 3.35. The van der Waals surface area contributed by atoms with Crippen LogP contribution in [-0.4, -0.2) is 19.7 Å². The maximum Gasteiger partial charge on any atom is 0.282 e. The standard InChI is InChI=1S/C16H10F3N5/c1-20-11-6-14-12(5-10(11)17)22-16(24(14)9-2-3-9)8-4-13(15(18)19)23-21-7-8/h4-7,9,15H,2-3H2. The minimum atomic E-state index is -2.73. The van der Waals surface area contributed by atoms with Crippen molar-refractivity contribution in [2.45, 2.75) is 25.3 Å². The normalized spacial score (nSPS) is 14.3. The van der Waals surface area contributed by atoms with Gasteiger partial charge in [-0.15, -0.1) is 5.10 Å². The highest BCUT2D eigenvalue weighted by Crippen LogP contribution is 2.42. The summed E-state index contributed by atoms with van der Waals surface area (Å²) in [6.45, 7) is 7.05. The third-order valence-corrected chi connectivity index (χ3v) is 3.95. The van der Waals surface area contributed by atoms with E-state index in [2.05, 4.69) is 20.0 Å². The minimum Gasteiger partial charge on any atom is -0.322 e. The van der Waals surface area contributed by atoms with Gasteiger partial charge < -0.3 is 4.57 Å². The third kappa shape index (κ3) is 2.29. The van der Waals surface area contributed by atoms with Crippen LogP contribution in [0.5, 0.6) is 0 Å². The Morgan fingerprint density at radius 1 is 1.25 bits per heavy atom. The smallest absolute Gasteiger partial charge is 0.282 e. The van der Waals surface area contributed by atoms with Crippen molar-refractivity contribution in [3.8, 4) is 11.4 Å². The molecule has 1 saturated carbocycles. The molecular formula is C16H10F3N5.